The highest BCUT2D eigenvalue weighted by atomic mass is 16.5. The molecule has 4 aromatic carbocycles. The number of benzene rings is 4. The molecule has 2 N–H and O–H groups in total. The Bertz CT molecular complexity index is 1920. The van der Waals surface area contributed by atoms with E-state index in [0.717, 1.165) is 11.1 Å². The van der Waals surface area contributed by atoms with Crippen LogP contribution in [0.4, 0.5) is 0 Å². The normalized spacial score (nSPS) is 11.2. The second-order valence-corrected chi connectivity index (χ2v) is 10.9. The monoisotopic (exact) mass is 586 g/mol. The summed E-state index contributed by atoms with van der Waals surface area (Å²) in [5.41, 5.74) is 6.16. The van der Waals surface area contributed by atoms with E-state index in [1.54, 1.807) is 7.11 Å². The molecule has 222 valence electrons. The van der Waals surface area contributed by atoms with Gasteiger partial charge in [-0.2, -0.15) is 0 Å². The molecule has 0 saturated carbocycles. The van der Waals surface area contributed by atoms with Crippen LogP contribution in [0.1, 0.15) is 45.1 Å². The number of aromatic amines is 2. The van der Waals surface area contributed by atoms with E-state index in [4.69, 9.17) is 9.47 Å². The minimum absolute atomic E-state index is 0.233. The molecule has 2 heterocycles. The molecule has 0 aliphatic carbocycles. The van der Waals surface area contributed by atoms with E-state index < -0.39 is 5.92 Å². The lowest BCUT2D eigenvalue weighted by atomic mass is 9.85. The van der Waals surface area contributed by atoms with Crippen LogP contribution in [0, 0.1) is 20.8 Å². The third kappa shape index (κ3) is 5.38. The summed E-state index contributed by atoms with van der Waals surface area (Å²) in [6, 6.07) is 32.5. The van der Waals surface area contributed by atoms with Crippen LogP contribution in [0.3, 0.4) is 0 Å². The highest BCUT2D eigenvalue weighted by Crippen LogP contribution is 2.37. The Morgan fingerprint density at radius 1 is 0.659 bits per heavy atom. The fraction of sp³-hybridized carbons (Fsp3) is 0.167. The van der Waals surface area contributed by atoms with E-state index in [0.29, 0.717) is 52.0 Å². The van der Waals surface area contributed by atoms with Crippen LogP contribution < -0.4 is 20.6 Å². The van der Waals surface area contributed by atoms with Gasteiger partial charge in [0.25, 0.3) is 11.1 Å². The van der Waals surface area contributed by atoms with Crippen molar-refractivity contribution < 1.29 is 9.47 Å². The Morgan fingerprint density at radius 2 is 1.18 bits per heavy atom. The molecule has 0 radical (unpaired) electrons. The second-order valence-electron chi connectivity index (χ2n) is 10.9. The molecule has 0 unspecified atom stereocenters. The van der Waals surface area contributed by atoms with Crippen molar-refractivity contribution >= 4 is 0 Å². The van der Waals surface area contributed by atoms with Crippen molar-refractivity contribution in [3.63, 3.8) is 0 Å². The first-order valence-corrected chi connectivity index (χ1v) is 14.5. The molecule has 0 aliphatic rings. The summed E-state index contributed by atoms with van der Waals surface area (Å²) in [6.07, 6.45) is 0. The van der Waals surface area contributed by atoms with E-state index >= 15 is 0 Å². The Balaban J connectivity index is 1.50. The van der Waals surface area contributed by atoms with Gasteiger partial charge in [-0.05, 0) is 68.3 Å². The molecule has 0 amide bonds. The Labute approximate surface area is 255 Å². The van der Waals surface area contributed by atoms with Gasteiger partial charge in [-0.15, -0.1) is 0 Å². The molecule has 6 aromatic rings. The third-order valence-corrected chi connectivity index (χ3v) is 7.88. The van der Waals surface area contributed by atoms with Crippen molar-refractivity contribution in [3.8, 4) is 22.9 Å². The number of hydrogen-bond donors (Lipinski definition) is 2. The van der Waals surface area contributed by atoms with E-state index in [1.807, 2.05) is 124 Å². The number of rotatable bonds is 9. The van der Waals surface area contributed by atoms with Gasteiger partial charge in [-0.3, -0.25) is 19.8 Å². The standard InChI is InChI=1S/C36H34N4O4/c1-23-15-17-26(18-16-23)22-44-30-20-19-27(21-31(30)43-4)34(32-24(2)37-39(35(32)41)28-11-7-5-8-12-28)33-25(3)38-40(36(33)42)29-13-9-6-10-14-29/h5-21,34,37-38H,22H2,1-4H3. The van der Waals surface area contributed by atoms with Crippen LogP contribution >= 0.6 is 0 Å². The van der Waals surface area contributed by atoms with Crippen molar-refractivity contribution in [2.24, 2.45) is 0 Å². The predicted octanol–water partition coefficient (Wildman–Crippen LogP) is 6.34. The Kier molecular flexibility index (Phi) is 7.81. The minimum atomic E-state index is -0.697. The zero-order valence-corrected chi connectivity index (χ0v) is 25.1. The average Bonchev–Trinajstić information content (AvgIpc) is 3.51. The van der Waals surface area contributed by atoms with Gasteiger partial charge in [0.1, 0.15) is 6.61 Å². The maximum atomic E-state index is 14.1. The zero-order chi connectivity index (χ0) is 30.8. The quantitative estimate of drug-likeness (QED) is 0.207. The number of aryl methyl sites for hydroxylation is 3. The molecule has 0 spiro atoms. The Morgan fingerprint density at radius 3 is 1.68 bits per heavy atom. The van der Waals surface area contributed by atoms with E-state index in [1.165, 1.54) is 14.9 Å². The molecule has 44 heavy (non-hydrogen) atoms. The number of para-hydroxylation sites is 2. The topological polar surface area (TPSA) is 94.0 Å². The van der Waals surface area contributed by atoms with Crippen molar-refractivity contribution in [2.75, 3.05) is 7.11 Å². The molecule has 0 atom stereocenters. The predicted molar refractivity (Wildman–Crippen MR) is 172 cm³/mol. The van der Waals surface area contributed by atoms with Gasteiger partial charge in [-0.25, -0.2) is 9.36 Å². The summed E-state index contributed by atoms with van der Waals surface area (Å²) in [5, 5.41) is 6.48. The summed E-state index contributed by atoms with van der Waals surface area (Å²) in [5.74, 6) is 0.376. The van der Waals surface area contributed by atoms with Crippen LogP contribution in [-0.2, 0) is 6.61 Å². The molecular weight excluding hydrogens is 552 g/mol. The van der Waals surface area contributed by atoms with Gasteiger partial charge < -0.3 is 9.47 Å². The number of nitrogens with one attached hydrogen (secondary N) is 2. The highest BCUT2D eigenvalue weighted by Gasteiger charge is 2.31. The Hall–Kier alpha value is -5.50. The minimum Gasteiger partial charge on any atom is -0.493 e. The van der Waals surface area contributed by atoms with Gasteiger partial charge >= 0.3 is 0 Å². The lowest BCUT2D eigenvalue weighted by molar-refractivity contribution is 0.284. The summed E-state index contributed by atoms with van der Waals surface area (Å²) >= 11 is 0. The maximum absolute atomic E-state index is 14.1. The van der Waals surface area contributed by atoms with E-state index in [2.05, 4.69) is 10.2 Å². The highest BCUT2D eigenvalue weighted by molar-refractivity contribution is 5.52. The fourth-order valence-electron chi connectivity index (χ4n) is 5.62. The molecule has 8 heteroatoms. The van der Waals surface area contributed by atoms with Gasteiger partial charge in [0.15, 0.2) is 11.5 Å². The lowest BCUT2D eigenvalue weighted by Crippen LogP contribution is -2.25. The number of nitrogens with zero attached hydrogens (tertiary/aromatic N) is 2. The number of methoxy groups -OCH3 is 1. The molecule has 2 aromatic heterocycles. The smallest absolute Gasteiger partial charge is 0.275 e. The molecule has 8 nitrogen and oxygen atoms in total. The summed E-state index contributed by atoms with van der Waals surface area (Å²) < 4.78 is 15.0. The third-order valence-electron chi connectivity index (χ3n) is 7.88. The summed E-state index contributed by atoms with van der Waals surface area (Å²) in [6.45, 7) is 6.13. The van der Waals surface area contributed by atoms with Crippen LogP contribution in [0.15, 0.2) is 113 Å². The van der Waals surface area contributed by atoms with Gasteiger partial charge in [0, 0.05) is 17.3 Å². The van der Waals surface area contributed by atoms with Gasteiger partial charge in [0.2, 0.25) is 0 Å². The summed E-state index contributed by atoms with van der Waals surface area (Å²) in [7, 11) is 1.58. The number of hydrogen-bond acceptors (Lipinski definition) is 4. The first-order valence-electron chi connectivity index (χ1n) is 14.5. The molecule has 0 aliphatic heterocycles. The number of ether oxygens (including phenoxy) is 2. The van der Waals surface area contributed by atoms with Crippen molar-refractivity contribution in [2.45, 2.75) is 33.3 Å². The van der Waals surface area contributed by atoms with Crippen LogP contribution in [0.2, 0.25) is 0 Å². The summed E-state index contributed by atoms with van der Waals surface area (Å²) in [4.78, 5) is 28.3. The molecule has 0 saturated heterocycles. The maximum Gasteiger partial charge on any atom is 0.275 e. The molecule has 6 rings (SSSR count). The fourth-order valence-corrected chi connectivity index (χ4v) is 5.62. The first-order chi connectivity index (χ1) is 21.4. The van der Waals surface area contributed by atoms with Crippen LogP contribution in [-0.4, -0.2) is 26.7 Å². The van der Waals surface area contributed by atoms with Crippen molar-refractivity contribution in [3.05, 3.63) is 163 Å². The zero-order valence-electron chi connectivity index (χ0n) is 25.1. The van der Waals surface area contributed by atoms with Crippen LogP contribution in [0.25, 0.3) is 11.4 Å². The molecule has 0 bridgehead atoms. The van der Waals surface area contributed by atoms with Gasteiger partial charge in [-0.1, -0.05) is 72.3 Å². The first kappa shape index (κ1) is 28.6. The van der Waals surface area contributed by atoms with Crippen molar-refractivity contribution in [1.29, 1.82) is 0 Å². The lowest BCUT2D eigenvalue weighted by Gasteiger charge is -2.18. The SMILES string of the molecule is COc1cc(C(c2c(C)[nH]n(-c3ccccc3)c2=O)c2c(C)[nH]n(-c3ccccc3)c2=O)ccc1OCc1ccc(C)cc1. The van der Waals surface area contributed by atoms with Crippen LogP contribution in [0.5, 0.6) is 11.5 Å². The van der Waals surface area contributed by atoms with Crippen molar-refractivity contribution in [1.82, 2.24) is 19.6 Å². The average molecular weight is 587 g/mol. The van der Waals surface area contributed by atoms with E-state index in [-0.39, 0.29) is 11.1 Å². The second kappa shape index (κ2) is 12.0. The van der Waals surface area contributed by atoms with E-state index in [9.17, 15) is 9.59 Å². The number of aromatic nitrogens is 4. The largest absolute Gasteiger partial charge is 0.493 e. The molecular formula is C36H34N4O4. The molecule has 0 fully saturated rings. The van der Waals surface area contributed by atoms with Gasteiger partial charge in [0.05, 0.1) is 29.6 Å². The number of H-pyrrole nitrogens is 2.